The maximum Gasteiger partial charge on any atom is 0.125 e. The molecule has 0 amide bonds. The molecule has 0 aliphatic carbocycles. The fourth-order valence-electron chi connectivity index (χ4n) is 1.69. The van der Waals surface area contributed by atoms with Crippen molar-refractivity contribution in [2.75, 3.05) is 19.8 Å². The lowest BCUT2D eigenvalue weighted by Crippen LogP contribution is -2.37. The first-order valence-corrected chi connectivity index (χ1v) is 6.37. The van der Waals surface area contributed by atoms with E-state index in [4.69, 9.17) is 15.2 Å². The Balaban J connectivity index is 2.43. The average Bonchev–Trinajstić information content (AvgIpc) is 2.26. The largest absolute Gasteiger partial charge is 0.491 e. The lowest BCUT2D eigenvalue weighted by atomic mass is 10.1. The lowest BCUT2D eigenvalue weighted by molar-refractivity contribution is 0.0721. The van der Waals surface area contributed by atoms with Crippen LogP contribution in [0, 0.1) is 20.8 Å². The third kappa shape index (κ3) is 4.67. The molecule has 0 radical (unpaired) electrons. The molecule has 1 aromatic rings. The summed E-state index contributed by atoms with van der Waals surface area (Å²) >= 11 is 0. The Kier molecular flexibility index (Phi) is 5.17. The molecule has 18 heavy (non-hydrogen) atoms. The zero-order valence-electron chi connectivity index (χ0n) is 12.2. The number of aryl methyl sites for hydroxylation is 2. The Morgan fingerprint density at radius 1 is 1.06 bits per heavy atom. The van der Waals surface area contributed by atoms with Crippen LogP contribution >= 0.6 is 0 Å². The van der Waals surface area contributed by atoms with Gasteiger partial charge in [0.05, 0.1) is 13.2 Å². The van der Waals surface area contributed by atoms with E-state index in [2.05, 4.69) is 32.9 Å². The van der Waals surface area contributed by atoms with E-state index in [0.29, 0.717) is 19.8 Å². The molecule has 3 nitrogen and oxygen atoms in total. The minimum Gasteiger partial charge on any atom is -0.491 e. The maximum absolute atomic E-state index is 5.83. The first kappa shape index (κ1) is 15.0. The van der Waals surface area contributed by atoms with E-state index in [1.165, 1.54) is 11.1 Å². The normalized spacial score (nSPS) is 11.7. The highest BCUT2D eigenvalue weighted by Crippen LogP contribution is 2.25. The molecule has 0 spiro atoms. The van der Waals surface area contributed by atoms with Gasteiger partial charge in [-0.1, -0.05) is 12.1 Å². The van der Waals surface area contributed by atoms with Gasteiger partial charge in [0, 0.05) is 5.54 Å². The van der Waals surface area contributed by atoms with Gasteiger partial charge in [-0.3, -0.25) is 0 Å². The van der Waals surface area contributed by atoms with Gasteiger partial charge in [0.25, 0.3) is 0 Å². The topological polar surface area (TPSA) is 44.5 Å². The van der Waals surface area contributed by atoms with Gasteiger partial charge in [-0.25, -0.2) is 0 Å². The maximum atomic E-state index is 5.83. The van der Waals surface area contributed by atoms with Crippen LogP contribution in [0.1, 0.15) is 30.5 Å². The summed E-state index contributed by atoms with van der Waals surface area (Å²) in [5, 5.41) is 0. The highest BCUT2D eigenvalue weighted by Gasteiger charge is 2.10. The third-order valence-electron chi connectivity index (χ3n) is 2.82. The zero-order valence-corrected chi connectivity index (χ0v) is 12.2. The van der Waals surface area contributed by atoms with Crippen LogP contribution in [0.2, 0.25) is 0 Å². The van der Waals surface area contributed by atoms with Gasteiger partial charge < -0.3 is 15.2 Å². The van der Waals surface area contributed by atoms with Gasteiger partial charge in [-0.15, -0.1) is 0 Å². The molecule has 3 heteroatoms. The molecule has 0 aromatic heterocycles. The number of benzene rings is 1. The smallest absolute Gasteiger partial charge is 0.125 e. The molecule has 0 atom stereocenters. The summed E-state index contributed by atoms with van der Waals surface area (Å²) < 4.78 is 11.3. The van der Waals surface area contributed by atoms with E-state index in [9.17, 15) is 0 Å². The molecule has 0 heterocycles. The summed E-state index contributed by atoms with van der Waals surface area (Å²) in [6, 6.07) is 4.20. The molecule has 0 fully saturated rings. The van der Waals surface area contributed by atoms with Crippen LogP contribution in [0.3, 0.4) is 0 Å². The summed E-state index contributed by atoms with van der Waals surface area (Å²) in [4.78, 5) is 0. The van der Waals surface area contributed by atoms with Crippen LogP contribution in [-0.2, 0) is 4.74 Å². The van der Waals surface area contributed by atoms with Crippen molar-refractivity contribution in [2.24, 2.45) is 5.73 Å². The van der Waals surface area contributed by atoms with Crippen LogP contribution in [0.25, 0.3) is 0 Å². The fraction of sp³-hybridized carbons (Fsp3) is 0.600. The molecule has 2 N–H and O–H groups in total. The Morgan fingerprint density at radius 2 is 1.67 bits per heavy atom. The zero-order chi connectivity index (χ0) is 13.8. The van der Waals surface area contributed by atoms with Gasteiger partial charge in [0.2, 0.25) is 0 Å². The van der Waals surface area contributed by atoms with Crippen LogP contribution in [0.5, 0.6) is 5.75 Å². The Bertz CT molecular complexity index is 394. The second kappa shape index (κ2) is 6.21. The van der Waals surface area contributed by atoms with Crippen molar-refractivity contribution >= 4 is 0 Å². The van der Waals surface area contributed by atoms with E-state index >= 15 is 0 Å². The summed E-state index contributed by atoms with van der Waals surface area (Å²) in [6.07, 6.45) is 0. The summed E-state index contributed by atoms with van der Waals surface area (Å²) in [7, 11) is 0. The van der Waals surface area contributed by atoms with E-state index in [-0.39, 0.29) is 5.54 Å². The van der Waals surface area contributed by atoms with E-state index in [1.54, 1.807) is 0 Å². The first-order chi connectivity index (χ1) is 8.31. The van der Waals surface area contributed by atoms with Crippen LogP contribution in [0.4, 0.5) is 0 Å². The molecule has 0 unspecified atom stereocenters. The molecule has 1 rings (SSSR count). The monoisotopic (exact) mass is 251 g/mol. The standard InChI is InChI=1S/C15H25NO2/c1-11-6-7-12(2)14(13(11)3)18-9-8-17-10-15(4,5)16/h6-7H,8-10,16H2,1-5H3. The van der Waals surface area contributed by atoms with E-state index in [0.717, 1.165) is 11.3 Å². The molecule has 0 bridgehead atoms. The number of ether oxygens (including phenoxy) is 2. The molecule has 0 saturated carbocycles. The molecular formula is C15H25NO2. The Morgan fingerprint density at radius 3 is 2.28 bits per heavy atom. The number of nitrogens with two attached hydrogens (primary N) is 1. The number of hydrogen-bond acceptors (Lipinski definition) is 3. The molecule has 0 aliphatic heterocycles. The molecule has 0 aliphatic rings. The Hall–Kier alpha value is -1.06. The van der Waals surface area contributed by atoms with Crippen molar-refractivity contribution in [1.82, 2.24) is 0 Å². The van der Waals surface area contributed by atoms with Crippen LogP contribution in [-0.4, -0.2) is 25.4 Å². The van der Waals surface area contributed by atoms with E-state index < -0.39 is 0 Å². The van der Waals surface area contributed by atoms with Crippen molar-refractivity contribution in [3.63, 3.8) is 0 Å². The van der Waals surface area contributed by atoms with E-state index in [1.807, 2.05) is 13.8 Å². The molecule has 102 valence electrons. The fourth-order valence-corrected chi connectivity index (χ4v) is 1.69. The number of rotatable bonds is 6. The van der Waals surface area contributed by atoms with Crippen LogP contribution in [0.15, 0.2) is 12.1 Å². The number of hydrogen-bond donors (Lipinski definition) is 1. The molecule has 1 aromatic carbocycles. The van der Waals surface area contributed by atoms with Gasteiger partial charge >= 0.3 is 0 Å². The van der Waals surface area contributed by atoms with Gasteiger partial charge in [0.1, 0.15) is 12.4 Å². The second-order valence-electron chi connectivity index (χ2n) is 5.54. The SMILES string of the molecule is Cc1ccc(C)c(OCCOCC(C)(C)N)c1C. The predicted octanol–water partition coefficient (Wildman–Crippen LogP) is 2.74. The van der Waals surface area contributed by atoms with Crippen molar-refractivity contribution < 1.29 is 9.47 Å². The highest BCUT2D eigenvalue weighted by molar-refractivity contribution is 5.44. The Labute approximate surface area is 110 Å². The molecular weight excluding hydrogens is 226 g/mol. The average molecular weight is 251 g/mol. The van der Waals surface area contributed by atoms with Gasteiger partial charge in [0.15, 0.2) is 0 Å². The minimum atomic E-state index is -0.283. The third-order valence-corrected chi connectivity index (χ3v) is 2.82. The lowest BCUT2D eigenvalue weighted by Gasteiger charge is -2.19. The van der Waals surface area contributed by atoms with Gasteiger partial charge in [-0.2, -0.15) is 0 Å². The van der Waals surface area contributed by atoms with Crippen LogP contribution < -0.4 is 10.5 Å². The van der Waals surface area contributed by atoms with Crippen molar-refractivity contribution in [3.05, 3.63) is 28.8 Å². The second-order valence-corrected chi connectivity index (χ2v) is 5.54. The van der Waals surface area contributed by atoms with Crippen molar-refractivity contribution in [2.45, 2.75) is 40.2 Å². The van der Waals surface area contributed by atoms with Gasteiger partial charge in [-0.05, 0) is 51.3 Å². The van der Waals surface area contributed by atoms with Crippen molar-refractivity contribution in [3.8, 4) is 5.75 Å². The summed E-state index contributed by atoms with van der Waals surface area (Å²) in [5.74, 6) is 0.977. The summed E-state index contributed by atoms with van der Waals surface area (Å²) in [6.45, 7) is 11.8. The first-order valence-electron chi connectivity index (χ1n) is 6.37. The van der Waals surface area contributed by atoms with Crippen molar-refractivity contribution in [1.29, 1.82) is 0 Å². The quantitative estimate of drug-likeness (QED) is 0.791. The molecule has 0 saturated heterocycles. The summed E-state index contributed by atoms with van der Waals surface area (Å²) in [5.41, 5.74) is 9.17. The highest BCUT2D eigenvalue weighted by atomic mass is 16.5. The predicted molar refractivity (Wildman–Crippen MR) is 75.2 cm³/mol. The minimum absolute atomic E-state index is 0.283.